The molecular weight excluding hydrogens is 316 g/mol. The molecule has 2 N–H and O–H groups in total. The summed E-state index contributed by atoms with van der Waals surface area (Å²) >= 11 is 0. The molecule has 0 unspecified atom stereocenters. The first-order valence-electron chi connectivity index (χ1n) is 8.82. The number of carbonyl (C=O) groups excluding carboxylic acids is 1. The standard InChI is InChI=1S/C20H26N2O3/c1-14-10-19(25-15(14)2)20(24)21-18-12-22(9-8-17(18)13-23)11-16-6-4-3-5-7-16/h3-7,10,17-18,23H,8-9,11-13H2,1-2H3,(H,21,24)/t17-,18-/m1/s1. The van der Waals surface area contributed by atoms with Gasteiger partial charge in [-0.15, -0.1) is 0 Å². The molecule has 2 atom stereocenters. The predicted octanol–water partition coefficient (Wildman–Crippen LogP) is 2.51. The molecule has 1 aliphatic rings. The second-order valence-electron chi connectivity index (χ2n) is 6.88. The highest BCUT2D eigenvalue weighted by Crippen LogP contribution is 2.21. The van der Waals surface area contributed by atoms with Gasteiger partial charge in [-0.25, -0.2) is 0 Å². The van der Waals surface area contributed by atoms with Gasteiger partial charge in [-0.1, -0.05) is 30.3 Å². The Morgan fingerprint density at radius 1 is 1.32 bits per heavy atom. The lowest BCUT2D eigenvalue weighted by Gasteiger charge is -2.38. The Bertz CT molecular complexity index is 691. The van der Waals surface area contributed by atoms with E-state index in [2.05, 4.69) is 22.3 Å². The third-order valence-corrected chi connectivity index (χ3v) is 5.03. The van der Waals surface area contributed by atoms with Crippen molar-refractivity contribution in [2.24, 2.45) is 5.92 Å². The average molecular weight is 342 g/mol. The van der Waals surface area contributed by atoms with Crippen molar-refractivity contribution in [2.75, 3.05) is 19.7 Å². The van der Waals surface area contributed by atoms with Crippen molar-refractivity contribution in [2.45, 2.75) is 32.9 Å². The Balaban J connectivity index is 1.65. The SMILES string of the molecule is Cc1cc(C(=O)N[C@@H]2CN(Cc3ccccc3)CC[C@@H]2CO)oc1C. The number of nitrogens with one attached hydrogen (secondary N) is 1. The van der Waals surface area contributed by atoms with E-state index in [0.717, 1.165) is 37.4 Å². The van der Waals surface area contributed by atoms with E-state index in [4.69, 9.17) is 4.42 Å². The summed E-state index contributed by atoms with van der Waals surface area (Å²) in [6, 6.07) is 12.0. The molecule has 5 heteroatoms. The molecular formula is C20H26N2O3. The summed E-state index contributed by atoms with van der Waals surface area (Å²) in [5.41, 5.74) is 2.23. The molecule has 1 aliphatic heterocycles. The van der Waals surface area contributed by atoms with Crippen molar-refractivity contribution in [1.29, 1.82) is 0 Å². The largest absolute Gasteiger partial charge is 0.456 e. The quantitative estimate of drug-likeness (QED) is 0.876. The summed E-state index contributed by atoms with van der Waals surface area (Å²) in [7, 11) is 0. The molecule has 0 spiro atoms. The fraction of sp³-hybridized carbons (Fsp3) is 0.450. The van der Waals surface area contributed by atoms with Gasteiger partial charge < -0.3 is 14.8 Å². The van der Waals surface area contributed by atoms with Crippen LogP contribution >= 0.6 is 0 Å². The minimum Gasteiger partial charge on any atom is -0.456 e. The molecule has 2 heterocycles. The molecule has 0 saturated carbocycles. The van der Waals surface area contributed by atoms with E-state index >= 15 is 0 Å². The molecule has 0 radical (unpaired) electrons. The number of likely N-dealkylation sites (tertiary alicyclic amines) is 1. The van der Waals surface area contributed by atoms with E-state index in [1.54, 1.807) is 6.07 Å². The number of hydrogen-bond donors (Lipinski definition) is 2. The minimum absolute atomic E-state index is 0.0770. The molecule has 2 aromatic rings. The second kappa shape index (κ2) is 7.85. The topological polar surface area (TPSA) is 65.7 Å². The van der Waals surface area contributed by atoms with E-state index in [0.29, 0.717) is 5.76 Å². The van der Waals surface area contributed by atoms with E-state index < -0.39 is 0 Å². The Labute approximate surface area is 148 Å². The van der Waals surface area contributed by atoms with Crippen molar-refractivity contribution < 1.29 is 14.3 Å². The van der Waals surface area contributed by atoms with Gasteiger partial charge in [-0.05, 0) is 44.0 Å². The number of rotatable bonds is 5. The van der Waals surface area contributed by atoms with Gasteiger partial charge in [-0.2, -0.15) is 0 Å². The molecule has 1 aromatic carbocycles. The number of aliphatic hydroxyl groups is 1. The first-order valence-corrected chi connectivity index (χ1v) is 8.82. The number of aryl methyl sites for hydroxylation is 2. The zero-order valence-electron chi connectivity index (χ0n) is 14.9. The Morgan fingerprint density at radius 3 is 2.72 bits per heavy atom. The monoisotopic (exact) mass is 342 g/mol. The summed E-state index contributed by atoms with van der Waals surface area (Å²) in [6.45, 7) is 6.36. The van der Waals surface area contributed by atoms with Crippen molar-refractivity contribution >= 4 is 5.91 Å². The van der Waals surface area contributed by atoms with Crippen LogP contribution in [0, 0.1) is 19.8 Å². The average Bonchev–Trinajstić information content (AvgIpc) is 2.95. The van der Waals surface area contributed by atoms with Crippen LogP contribution in [-0.4, -0.2) is 41.7 Å². The van der Waals surface area contributed by atoms with Gasteiger partial charge in [0.15, 0.2) is 5.76 Å². The van der Waals surface area contributed by atoms with Gasteiger partial charge >= 0.3 is 0 Å². The summed E-state index contributed by atoms with van der Waals surface area (Å²) < 4.78 is 5.52. The number of piperidine rings is 1. The van der Waals surface area contributed by atoms with E-state index in [1.807, 2.05) is 32.0 Å². The van der Waals surface area contributed by atoms with Crippen molar-refractivity contribution in [1.82, 2.24) is 10.2 Å². The molecule has 3 rings (SSSR count). The van der Waals surface area contributed by atoms with Crippen LogP contribution in [0.1, 0.15) is 33.9 Å². The van der Waals surface area contributed by atoms with Gasteiger partial charge in [0.2, 0.25) is 0 Å². The van der Waals surface area contributed by atoms with Crippen LogP contribution < -0.4 is 5.32 Å². The van der Waals surface area contributed by atoms with E-state index in [9.17, 15) is 9.90 Å². The number of aliphatic hydroxyl groups excluding tert-OH is 1. The van der Waals surface area contributed by atoms with Crippen molar-refractivity contribution in [3.63, 3.8) is 0 Å². The third kappa shape index (κ3) is 4.30. The van der Waals surface area contributed by atoms with E-state index in [1.165, 1.54) is 5.56 Å². The fourth-order valence-corrected chi connectivity index (χ4v) is 3.36. The normalized spacial score (nSPS) is 21.2. The Morgan fingerprint density at radius 2 is 2.08 bits per heavy atom. The molecule has 1 aromatic heterocycles. The Hall–Kier alpha value is -2.11. The summed E-state index contributed by atoms with van der Waals surface area (Å²) in [5.74, 6) is 0.972. The molecule has 1 saturated heterocycles. The van der Waals surface area contributed by atoms with Crippen LogP contribution in [0.5, 0.6) is 0 Å². The maximum atomic E-state index is 12.5. The highest BCUT2D eigenvalue weighted by atomic mass is 16.3. The lowest BCUT2D eigenvalue weighted by Crippen LogP contribution is -2.53. The fourth-order valence-electron chi connectivity index (χ4n) is 3.36. The lowest BCUT2D eigenvalue weighted by molar-refractivity contribution is 0.0710. The predicted molar refractivity (Wildman–Crippen MR) is 96.3 cm³/mol. The van der Waals surface area contributed by atoms with Crippen LogP contribution in [-0.2, 0) is 6.54 Å². The highest BCUT2D eigenvalue weighted by molar-refractivity contribution is 5.92. The van der Waals surface area contributed by atoms with Crippen molar-refractivity contribution in [3.8, 4) is 0 Å². The van der Waals surface area contributed by atoms with Crippen LogP contribution in [0.3, 0.4) is 0 Å². The number of hydrogen-bond acceptors (Lipinski definition) is 4. The molecule has 1 amide bonds. The van der Waals surface area contributed by atoms with Gasteiger partial charge in [0.25, 0.3) is 5.91 Å². The Kier molecular flexibility index (Phi) is 5.56. The lowest BCUT2D eigenvalue weighted by atomic mass is 9.92. The maximum absolute atomic E-state index is 12.5. The highest BCUT2D eigenvalue weighted by Gasteiger charge is 2.30. The third-order valence-electron chi connectivity index (χ3n) is 5.03. The van der Waals surface area contributed by atoms with Crippen molar-refractivity contribution in [3.05, 3.63) is 59.0 Å². The van der Waals surface area contributed by atoms with Crippen LogP contribution in [0.15, 0.2) is 40.8 Å². The number of furan rings is 1. The number of carbonyl (C=O) groups is 1. The van der Waals surface area contributed by atoms with Gasteiger partial charge in [0, 0.05) is 31.7 Å². The summed E-state index contributed by atoms with van der Waals surface area (Å²) in [6.07, 6.45) is 0.866. The van der Waals surface area contributed by atoms with Crippen LogP contribution in [0.2, 0.25) is 0 Å². The summed E-state index contributed by atoms with van der Waals surface area (Å²) in [4.78, 5) is 14.8. The first-order chi connectivity index (χ1) is 12.1. The number of amides is 1. The maximum Gasteiger partial charge on any atom is 0.287 e. The zero-order chi connectivity index (χ0) is 17.8. The van der Waals surface area contributed by atoms with Gasteiger partial charge in [0.1, 0.15) is 5.76 Å². The van der Waals surface area contributed by atoms with E-state index in [-0.39, 0.29) is 24.5 Å². The minimum atomic E-state index is -0.207. The smallest absolute Gasteiger partial charge is 0.287 e. The molecule has 5 nitrogen and oxygen atoms in total. The summed E-state index contributed by atoms with van der Waals surface area (Å²) in [5, 5.41) is 12.7. The van der Waals surface area contributed by atoms with Gasteiger partial charge in [0.05, 0.1) is 0 Å². The number of nitrogens with zero attached hydrogens (tertiary/aromatic N) is 1. The molecule has 0 aliphatic carbocycles. The molecule has 25 heavy (non-hydrogen) atoms. The number of benzene rings is 1. The molecule has 0 bridgehead atoms. The molecule has 134 valence electrons. The second-order valence-corrected chi connectivity index (χ2v) is 6.88. The van der Waals surface area contributed by atoms with Gasteiger partial charge in [-0.3, -0.25) is 9.69 Å². The zero-order valence-corrected chi connectivity index (χ0v) is 14.9. The van der Waals surface area contributed by atoms with Crippen LogP contribution in [0.4, 0.5) is 0 Å². The first kappa shape index (κ1) is 17.7. The molecule has 1 fully saturated rings. The van der Waals surface area contributed by atoms with Crippen LogP contribution in [0.25, 0.3) is 0 Å².